The van der Waals surface area contributed by atoms with Crippen LogP contribution in [0.4, 0.5) is 0 Å². The lowest BCUT2D eigenvalue weighted by atomic mass is 10.6. The molecule has 0 saturated carbocycles. The smallest absolute Gasteiger partial charge is 0.0940 e. The average molecular weight is 315 g/mol. The van der Waals surface area contributed by atoms with Gasteiger partial charge in [0.05, 0.1) is 0 Å². The van der Waals surface area contributed by atoms with Crippen molar-refractivity contribution < 1.29 is 0 Å². The zero-order chi connectivity index (χ0) is 5.91. The molecule has 0 unspecified atom stereocenters. The van der Waals surface area contributed by atoms with E-state index in [0.717, 1.165) is 11.8 Å². The summed E-state index contributed by atoms with van der Waals surface area (Å²) in [4.78, 5) is 0. The molecule has 0 rings (SSSR count). The summed E-state index contributed by atoms with van der Waals surface area (Å²) in [6.45, 7) is 0. The summed E-state index contributed by atoms with van der Waals surface area (Å²) in [7, 11) is 0. The monoisotopic (exact) mass is 312 g/mol. The summed E-state index contributed by atoms with van der Waals surface area (Å²) in [6.07, 6.45) is 0.856. The van der Waals surface area contributed by atoms with E-state index in [4.69, 9.17) is 11.6 Å². The molecule has 0 heterocycles. The maximum absolute atomic E-state index is 5.64. The Kier molecular flexibility index (Phi) is 4.61. The fourth-order valence-electron chi connectivity index (χ4n) is 0.107. The van der Waals surface area contributed by atoms with Crippen LogP contribution in [0.1, 0.15) is 6.42 Å². The van der Waals surface area contributed by atoms with Gasteiger partial charge in [0.15, 0.2) is 2.69 Å². The number of halogens is 4. The van der Waals surface area contributed by atoms with Crippen molar-refractivity contribution in [3.05, 3.63) is 0 Å². The molecule has 0 aliphatic carbocycles. The van der Waals surface area contributed by atoms with Gasteiger partial charge in [-0.3, -0.25) is 0 Å². The van der Waals surface area contributed by atoms with Crippen molar-refractivity contribution >= 4 is 59.4 Å². The fraction of sp³-hybridized carbons (Fsp3) is 1.00. The quantitative estimate of drug-likeness (QED) is 0.685. The van der Waals surface area contributed by atoms with Crippen LogP contribution >= 0.6 is 59.4 Å². The second-order valence-corrected chi connectivity index (χ2v) is 7.18. The van der Waals surface area contributed by atoms with Crippen molar-refractivity contribution in [2.75, 3.05) is 5.33 Å². The summed E-state index contributed by atoms with van der Waals surface area (Å²) in [6, 6.07) is 0. The molecule has 0 atom stereocenters. The molecule has 0 aromatic carbocycles. The predicted molar refractivity (Wildman–Crippen MR) is 44.8 cm³/mol. The molecule has 0 aliphatic rings. The largest absolute Gasteiger partial charge is 0.154 e. The molecule has 0 amide bonds. The average Bonchev–Trinajstić information content (AvgIpc) is 1.30. The number of hydrogen-bond acceptors (Lipinski definition) is 0. The summed E-state index contributed by atoms with van der Waals surface area (Å²) in [5.41, 5.74) is 0. The van der Waals surface area contributed by atoms with Crippen LogP contribution in [0, 0.1) is 0 Å². The van der Waals surface area contributed by atoms with Gasteiger partial charge in [0.25, 0.3) is 0 Å². The van der Waals surface area contributed by atoms with E-state index in [9.17, 15) is 0 Å². The maximum Gasteiger partial charge on any atom is 0.154 e. The van der Waals surface area contributed by atoms with Gasteiger partial charge in [-0.2, -0.15) is 0 Å². The Morgan fingerprint density at radius 3 is 1.86 bits per heavy atom. The lowest BCUT2D eigenvalue weighted by Crippen LogP contribution is -1.98. The maximum atomic E-state index is 5.64. The summed E-state index contributed by atoms with van der Waals surface area (Å²) in [5, 5.41) is 0.896. The van der Waals surface area contributed by atoms with E-state index in [0.29, 0.717) is 0 Å². The molecule has 44 valence electrons. The van der Waals surface area contributed by atoms with E-state index in [1.54, 1.807) is 0 Å². The minimum atomic E-state index is -0.399. The zero-order valence-corrected chi connectivity index (χ0v) is 8.94. The van der Waals surface area contributed by atoms with Crippen molar-refractivity contribution in [1.29, 1.82) is 0 Å². The molecule has 4 heteroatoms. The van der Waals surface area contributed by atoms with Gasteiger partial charge in [0.2, 0.25) is 0 Å². The first-order valence-electron chi connectivity index (χ1n) is 1.69. The molecule has 7 heavy (non-hydrogen) atoms. The minimum Gasteiger partial charge on any atom is -0.0940 e. The van der Waals surface area contributed by atoms with Crippen LogP contribution < -0.4 is 0 Å². The van der Waals surface area contributed by atoms with Gasteiger partial charge < -0.3 is 0 Å². The zero-order valence-electron chi connectivity index (χ0n) is 3.43. The van der Waals surface area contributed by atoms with E-state index in [1.807, 2.05) is 0 Å². The molecule has 0 radical (unpaired) electrons. The first-order chi connectivity index (χ1) is 3.06. The van der Waals surface area contributed by atoms with Gasteiger partial charge in [-0.15, -0.1) is 0 Å². The molecular weight excluding hydrogens is 311 g/mol. The summed E-state index contributed by atoms with van der Waals surface area (Å²) < 4.78 is -0.399. The van der Waals surface area contributed by atoms with Gasteiger partial charge in [-0.1, -0.05) is 59.4 Å². The first-order valence-corrected chi connectivity index (χ1v) is 4.77. The van der Waals surface area contributed by atoms with E-state index < -0.39 is 2.69 Å². The van der Waals surface area contributed by atoms with Crippen molar-refractivity contribution in [1.82, 2.24) is 0 Å². The standard InChI is InChI=1S/C3H4Br3Cl/c4-2-1-3(5,6)7/h1-2H2. The van der Waals surface area contributed by atoms with Crippen LogP contribution in [0.25, 0.3) is 0 Å². The van der Waals surface area contributed by atoms with Gasteiger partial charge in [-0.25, -0.2) is 0 Å². The van der Waals surface area contributed by atoms with Crippen LogP contribution in [0.3, 0.4) is 0 Å². The third-order valence-electron chi connectivity index (χ3n) is 0.378. The Labute approximate surface area is 73.4 Å². The molecule has 0 saturated heterocycles. The van der Waals surface area contributed by atoms with E-state index in [-0.39, 0.29) is 0 Å². The van der Waals surface area contributed by atoms with Gasteiger partial charge in [0.1, 0.15) is 0 Å². The Morgan fingerprint density at radius 2 is 1.86 bits per heavy atom. The summed E-state index contributed by atoms with van der Waals surface area (Å²) in [5.74, 6) is 0. The Balaban J connectivity index is 3.15. The lowest BCUT2D eigenvalue weighted by molar-refractivity contribution is 1.05. The third-order valence-corrected chi connectivity index (χ3v) is 1.76. The molecule has 0 spiro atoms. The highest BCUT2D eigenvalue weighted by Crippen LogP contribution is 2.34. The predicted octanol–water partition coefficient (Wildman–Crippen LogP) is 3.45. The third kappa shape index (κ3) is 7.73. The first kappa shape index (κ1) is 8.73. The van der Waals surface area contributed by atoms with Crippen LogP contribution in [0.2, 0.25) is 0 Å². The highest BCUT2D eigenvalue weighted by atomic mass is 79.9. The lowest BCUT2D eigenvalue weighted by Gasteiger charge is -2.06. The second-order valence-electron chi connectivity index (χ2n) is 1.05. The van der Waals surface area contributed by atoms with Crippen molar-refractivity contribution in [2.24, 2.45) is 0 Å². The summed E-state index contributed by atoms with van der Waals surface area (Å²) >= 11 is 15.3. The van der Waals surface area contributed by atoms with E-state index in [1.165, 1.54) is 0 Å². The molecule has 0 aliphatic heterocycles. The Hall–Kier alpha value is 1.73. The minimum absolute atomic E-state index is 0.399. The molecule has 0 aromatic rings. The van der Waals surface area contributed by atoms with Crippen molar-refractivity contribution in [3.63, 3.8) is 0 Å². The molecule has 0 N–H and O–H groups in total. The molecule has 0 aromatic heterocycles. The molecule has 0 fully saturated rings. The Morgan fingerprint density at radius 1 is 1.43 bits per heavy atom. The van der Waals surface area contributed by atoms with Crippen LogP contribution in [-0.2, 0) is 0 Å². The van der Waals surface area contributed by atoms with Crippen LogP contribution in [-0.4, -0.2) is 8.02 Å². The van der Waals surface area contributed by atoms with Crippen LogP contribution in [0.15, 0.2) is 0 Å². The molecule has 0 bridgehead atoms. The highest BCUT2D eigenvalue weighted by molar-refractivity contribution is 9.26. The number of alkyl halides is 4. The SMILES string of the molecule is ClC(Br)(Br)CCBr. The number of rotatable bonds is 2. The van der Waals surface area contributed by atoms with Gasteiger partial charge >= 0.3 is 0 Å². The van der Waals surface area contributed by atoms with Gasteiger partial charge in [-0.05, 0) is 6.42 Å². The number of hydrogen-bond donors (Lipinski definition) is 0. The fourth-order valence-corrected chi connectivity index (χ4v) is 2.49. The van der Waals surface area contributed by atoms with Crippen molar-refractivity contribution in [2.45, 2.75) is 9.11 Å². The molecular formula is C3H4Br3Cl. The van der Waals surface area contributed by atoms with E-state index >= 15 is 0 Å². The van der Waals surface area contributed by atoms with Crippen LogP contribution in [0.5, 0.6) is 0 Å². The normalized spacial score (nSPS) is 12.0. The highest BCUT2D eigenvalue weighted by Gasteiger charge is 2.15. The topological polar surface area (TPSA) is 0 Å². The van der Waals surface area contributed by atoms with Gasteiger partial charge in [0, 0.05) is 5.33 Å². The van der Waals surface area contributed by atoms with E-state index in [2.05, 4.69) is 47.8 Å². The van der Waals surface area contributed by atoms with Crippen molar-refractivity contribution in [3.8, 4) is 0 Å². The molecule has 0 nitrogen and oxygen atoms in total. The second kappa shape index (κ2) is 3.70. The Bertz CT molecular complexity index is 48.6.